The van der Waals surface area contributed by atoms with Crippen molar-refractivity contribution in [2.75, 3.05) is 19.5 Å². The smallest absolute Gasteiger partial charge is 0.188 e. The standard InChI is InChI=1S/C20H18N4O2S/c1-12-10-22-20(27-12)24-19-7-5-15-16(23-19)8-14(11-21-15)13-4-6-17(25-2)18(9-13)26-3/h4-11H,1-3H3,(H,22,23,24). The predicted octanol–water partition coefficient (Wildman–Crippen LogP) is 4.82. The molecule has 0 aliphatic heterocycles. The topological polar surface area (TPSA) is 69.2 Å². The van der Waals surface area contributed by atoms with E-state index in [-0.39, 0.29) is 0 Å². The quantitative estimate of drug-likeness (QED) is 0.537. The van der Waals surface area contributed by atoms with Crippen molar-refractivity contribution in [3.8, 4) is 22.6 Å². The van der Waals surface area contributed by atoms with Crippen LogP contribution in [0, 0.1) is 6.92 Å². The minimum absolute atomic E-state index is 0.678. The molecule has 0 fully saturated rings. The second kappa shape index (κ2) is 7.20. The minimum atomic E-state index is 0.678. The Kier molecular flexibility index (Phi) is 4.60. The first kappa shape index (κ1) is 17.2. The Hall–Kier alpha value is -3.19. The van der Waals surface area contributed by atoms with E-state index in [4.69, 9.17) is 9.47 Å². The van der Waals surface area contributed by atoms with Gasteiger partial charge in [-0.3, -0.25) is 4.98 Å². The Labute approximate surface area is 160 Å². The van der Waals surface area contributed by atoms with Crippen LogP contribution in [0.5, 0.6) is 11.5 Å². The number of aryl methyl sites for hydroxylation is 1. The number of hydrogen-bond donors (Lipinski definition) is 1. The molecular formula is C20H18N4O2S. The molecule has 27 heavy (non-hydrogen) atoms. The van der Waals surface area contributed by atoms with E-state index in [1.807, 2.05) is 55.7 Å². The van der Waals surface area contributed by atoms with Crippen molar-refractivity contribution in [2.24, 2.45) is 0 Å². The molecule has 0 aliphatic carbocycles. The van der Waals surface area contributed by atoms with Crippen LogP contribution in [0.2, 0.25) is 0 Å². The first-order valence-corrected chi connectivity index (χ1v) is 9.16. The van der Waals surface area contributed by atoms with E-state index in [0.29, 0.717) is 11.5 Å². The van der Waals surface area contributed by atoms with Gasteiger partial charge in [0.2, 0.25) is 0 Å². The monoisotopic (exact) mass is 378 g/mol. The number of ether oxygens (including phenoxy) is 2. The average Bonchev–Trinajstić information content (AvgIpc) is 3.11. The summed E-state index contributed by atoms with van der Waals surface area (Å²) in [5, 5.41) is 4.06. The summed E-state index contributed by atoms with van der Waals surface area (Å²) in [5.74, 6) is 2.11. The fraction of sp³-hybridized carbons (Fsp3) is 0.150. The number of methoxy groups -OCH3 is 2. The predicted molar refractivity (Wildman–Crippen MR) is 108 cm³/mol. The molecule has 0 bridgehead atoms. The van der Waals surface area contributed by atoms with E-state index < -0.39 is 0 Å². The lowest BCUT2D eigenvalue weighted by Crippen LogP contribution is -1.94. The number of nitrogens with zero attached hydrogens (tertiary/aromatic N) is 3. The van der Waals surface area contributed by atoms with E-state index >= 15 is 0 Å². The number of nitrogens with one attached hydrogen (secondary N) is 1. The highest BCUT2D eigenvalue weighted by Crippen LogP contribution is 2.33. The Bertz CT molecular complexity index is 1110. The molecule has 0 atom stereocenters. The van der Waals surface area contributed by atoms with Gasteiger partial charge >= 0.3 is 0 Å². The van der Waals surface area contributed by atoms with Gasteiger partial charge in [0, 0.05) is 22.8 Å². The number of rotatable bonds is 5. The molecular weight excluding hydrogens is 360 g/mol. The molecule has 1 N–H and O–H groups in total. The van der Waals surface area contributed by atoms with E-state index in [0.717, 1.165) is 38.0 Å². The molecule has 4 aromatic rings. The van der Waals surface area contributed by atoms with Gasteiger partial charge in [-0.15, -0.1) is 11.3 Å². The van der Waals surface area contributed by atoms with Crippen molar-refractivity contribution >= 4 is 33.3 Å². The van der Waals surface area contributed by atoms with Gasteiger partial charge < -0.3 is 14.8 Å². The largest absolute Gasteiger partial charge is 0.493 e. The molecule has 0 saturated carbocycles. The summed E-state index contributed by atoms with van der Waals surface area (Å²) in [5.41, 5.74) is 3.58. The van der Waals surface area contributed by atoms with Crippen molar-refractivity contribution in [3.63, 3.8) is 0 Å². The van der Waals surface area contributed by atoms with Crippen molar-refractivity contribution in [1.82, 2.24) is 15.0 Å². The van der Waals surface area contributed by atoms with Crippen LogP contribution in [0.1, 0.15) is 4.88 Å². The van der Waals surface area contributed by atoms with Crippen molar-refractivity contribution in [2.45, 2.75) is 6.92 Å². The Morgan fingerprint density at radius 3 is 2.44 bits per heavy atom. The molecule has 0 spiro atoms. The van der Waals surface area contributed by atoms with Gasteiger partial charge in [0.1, 0.15) is 5.82 Å². The highest BCUT2D eigenvalue weighted by Gasteiger charge is 2.09. The highest BCUT2D eigenvalue weighted by molar-refractivity contribution is 7.15. The summed E-state index contributed by atoms with van der Waals surface area (Å²) in [4.78, 5) is 14.7. The summed E-state index contributed by atoms with van der Waals surface area (Å²) in [6.45, 7) is 2.02. The molecule has 3 aromatic heterocycles. The van der Waals surface area contributed by atoms with Gasteiger partial charge in [0.15, 0.2) is 16.6 Å². The third kappa shape index (κ3) is 3.54. The van der Waals surface area contributed by atoms with Gasteiger partial charge in [0.05, 0.1) is 25.3 Å². The van der Waals surface area contributed by atoms with Gasteiger partial charge in [-0.2, -0.15) is 0 Å². The maximum Gasteiger partial charge on any atom is 0.188 e. The van der Waals surface area contributed by atoms with Crippen LogP contribution in [0.15, 0.2) is 48.8 Å². The molecule has 3 heterocycles. The SMILES string of the molecule is COc1ccc(-c2cnc3ccc(Nc4ncc(C)s4)nc3c2)cc1OC. The molecule has 4 rings (SSSR count). The molecule has 6 nitrogen and oxygen atoms in total. The minimum Gasteiger partial charge on any atom is -0.493 e. The zero-order valence-corrected chi connectivity index (χ0v) is 16.0. The first-order valence-electron chi connectivity index (χ1n) is 8.35. The van der Waals surface area contributed by atoms with Crippen LogP contribution in [-0.2, 0) is 0 Å². The van der Waals surface area contributed by atoms with Crippen LogP contribution in [0.25, 0.3) is 22.2 Å². The number of pyridine rings is 2. The number of anilines is 2. The molecule has 0 unspecified atom stereocenters. The van der Waals surface area contributed by atoms with Crippen molar-refractivity contribution in [1.29, 1.82) is 0 Å². The van der Waals surface area contributed by atoms with Gasteiger partial charge in [-0.05, 0) is 42.8 Å². The summed E-state index contributed by atoms with van der Waals surface area (Å²) in [6.07, 6.45) is 3.67. The normalized spacial score (nSPS) is 10.8. The summed E-state index contributed by atoms with van der Waals surface area (Å²) >= 11 is 1.59. The van der Waals surface area contributed by atoms with Crippen LogP contribution >= 0.6 is 11.3 Å². The summed E-state index contributed by atoms with van der Waals surface area (Å²) in [6, 6.07) is 11.7. The molecule has 0 aliphatic rings. The van der Waals surface area contributed by atoms with Crippen LogP contribution in [0.3, 0.4) is 0 Å². The molecule has 0 amide bonds. The summed E-state index contributed by atoms with van der Waals surface area (Å²) in [7, 11) is 3.25. The maximum atomic E-state index is 5.40. The highest BCUT2D eigenvalue weighted by atomic mass is 32.1. The lowest BCUT2D eigenvalue weighted by atomic mass is 10.1. The molecule has 1 aromatic carbocycles. The third-order valence-electron chi connectivity index (χ3n) is 4.11. The van der Waals surface area contributed by atoms with Crippen LogP contribution < -0.4 is 14.8 Å². The van der Waals surface area contributed by atoms with Gasteiger partial charge in [-0.25, -0.2) is 9.97 Å². The molecule has 136 valence electrons. The Morgan fingerprint density at radius 1 is 0.852 bits per heavy atom. The Morgan fingerprint density at radius 2 is 1.70 bits per heavy atom. The van der Waals surface area contributed by atoms with E-state index in [2.05, 4.69) is 20.3 Å². The number of hydrogen-bond acceptors (Lipinski definition) is 7. The fourth-order valence-corrected chi connectivity index (χ4v) is 3.44. The van der Waals surface area contributed by atoms with Gasteiger partial charge in [0.25, 0.3) is 0 Å². The lowest BCUT2D eigenvalue weighted by Gasteiger charge is -2.10. The molecule has 0 saturated heterocycles. The number of benzene rings is 1. The number of aromatic nitrogens is 3. The number of thiazole rings is 1. The second-order valence-corrected chi connectivity index (χ2v) is 7.16. The Balaban J connectivity index is 1.70. The first-order chi connectivity index (χ1) is 13.2. The zero-order chi connectivity index (χ0) is 18.8. The van der Waals surface area contributed by atoms with Crippen LogP contribution in [0.4, 0.5) is 10.9 Å². The summed E-state index contributed by atoms with van der Waals surface area (Å²) < 4.78 is 10.7. The number of fused-ring (bicyclic) bond motifs is 1. The fourth-order valence-electron chi connectivity index (χ4n) is 2.77. The van der Waals surface area contributed by atoms with E-state index in [9.17, 15) is 0 Å². The van der Waals surface area contributed by atoms with E-state index in [1.54, 1.807) is 25.6 Å². The average molecular weight is 378 g/mol. The molecule has 7 heteroatoms. The van der Waals surface area contributed by atoms with Crippen LogP contribution in [-0.4, -0.2) is 29.2 Å². The van der Waals surface area contributed by atoms with Crippen molar-refractivity contribution in [3.05, 3.63) is 53.7 Å². The van der Waals surface area contributed by atoms with Gasteiger partial charge in [-0.1, -0.05) is 6.07 Å². The van der Waals surface area contributed by atoms with Crippen molar-refractivity contribution < 1.29 is 9.47 Å². The van der Waals surface area contributed by atoms with E-state index in [1.165, 1.54) is 0 Å². The maximum absolute atomic E-state index is 5.40. The second-order valence-electron chi connectivity index (χ2n) is 5.93. The lowest BCUT2D eigenvalue weighted by molar-refractivity contribution is 0.355. The molecule has 0 radical (unpaired) electrons. The third-order valence-corrected chi connectivity index (χ3v) is 4.94. The zero-order valence-electron chi connectivity index (χ0n) is 15.2.